The molecule has 2 aromatic carbocycles. The van der Waals surface area contributed by atoms with Gasteiger partial charge in [-0.25, -0.2) is 4.98 Å². The van der Waals surface area contributed by atoms with E-state index < -0.39 is 11.8 Å². The lowest BCUT2D eigenvalue weighted by Gasteiger charge is -2.11. The second-order valence-electron chi connectivity index (χ2n) is 7.51. The summed E-state index contributed by atoms with van der Waals surface area (Å²) in [6.07, 6.45) is 3.84. The van der Waals surface area contributed by atoms with Crippen LogP contribution in [0.3, 0.4) is 0 Å². The van der Waals surface area contributed by atoms with Crippen LogP contribution in [0.25, 0.3) is 10.9 Å². The van der Waals surface area contributed by atoms with Gasteiger partial charge in [-0.1, -0.05) is 18.6 Å². The molecule has 31 heavy (non-hydrogen) atoms. The smallest absolute Gasteiger partial charge is 0.313 e. The summed E-state index contributed by atoms with van der Waals surface area (Å²) in [7, 11) is 1.58. The summed E-state index contributed by atoms with van der Waals surface area (Å²) in [4.78, 5) is 42.0. The molecule has 0 spiro atoms. The van der Waals surface area contributed by atoms with Crippen molar-refractivity contribution in [2.24, 2.45) is 0 Å². The number of fused-ring (bicyclic) bond motifs is 2. The maximum atomic E-state index is 12.9. The van der Waals surface area contributed by atoms with Gasteiger partial charge >= 0.3 is 11.8 Å². The van der Waals surface area contributed by atoms with Crippen LogP contribution in [0.4, 0.5) is 5.69 Å². The number of aromatic nitrogens is 2. The number of ether oxygens (including phenoxy) is 1. The molecule has 8 heteroatoms. The van der Waals surface area contributed by atoms with E-state index in [-0.39, 0.29) is 12.1 Å². The molecule has 0 unspecified atom stereocenters. The Balaban J connectivity index is 1.45. The van der Waals surface area contributed by atoms with Gasteiger partial charge in [0.15, 0.2) is 0 Å². The monoisotopic (exact) mass is 420 g/mol. The summed E-state index contributed by atoms with van der Waals surface area (Å²) in [5.41, 5.74) is 1.71. The molecule has 0 radical (unpaired) electrons. The summed E-state index contributed by atoms with van der Waals surface area (Å²) < 4.78 is 6.82. The van der Waals surface area contributed by atoms with Crippen LogP contribution >= 0.6 is 0 Å². The van der Waals surface area contributed by atoms with Gasteiger partial charge in [-0.2, -0.15) is 0 Å². The molecule has 1 aliphatic heterocycles. The van der Waals surface area contributed by atoms with Crippen molar-refractivity contribution in [1.29, 1.82) is 0 Å². The van der Waals surface area contributed by atoms with Crippen molar-refractivity contribution in [3.8, 4) is 5.75 Å². The number of hydrogen-bond donors (Lipinski definition) is 2. The predicted octanol–water partition coefficient (Wildman–Crippen LogP) is 2.39. The van der Waals surface area contributed by atoms with Crippen LogP contribution < -0.4 is 20.9 Å². The minimum absolute atomic E-state index is 0.109. The van der Waals surface area contributed by atoms with Crippen molar-refractivity contribution in [3.63, 3.8) is 0 Å². The molecule has 8 nitrogen and oxygen atoms in total. The summed E-state index contributed by atoms with van der Waals surface area (Å²) >= 11 is 0. The number of aryl methyl sites for hydroxylation is 1. The van der Waals surface area contributed by atoms with E-state index in [1.54, 1.807) is 42.0 Å². The van der Waals surface area contributed by atoms with Crippen molar-refractivity contribution < 1.29 is 14.3 Å². The second kappa shape index (κ2) is 8.99. The SMILES string of the molecule is COc1ccc(CNC(=O)C(=O)Nc2ccc3nc4n(c(=O)c3c2)CCCCC4)cc1. The third-order valence-corrected chi connectivity index (χ3v) is 5.39. The minimum Gasteiger partial charge on any atom is -0.497 e. The molecule has 0 atom stereocenters. The Hall–Kier alpha value is -3.68. The van der Waals surface area contributed by atoms with Crippen molar-refractivity contribution in [2.75, 3.05) is 12.4 Å². The molecule has 160 valence electrons. The number of nitrogens with zero attached hydrogens (tertiary/aromatic N) is 2. The van der Waals surface area contributed by atoms with Crippen LogP contribution in [0, 0.1) is 0 Å². The zero-order valence-corrected chi connectivity index (χ0v) is 17.3. The molecule has 4 rings (SSSR count). The third kappa shape index (κ3) is 4.58. The topological polar surface area (TPSA) is 102 Å². The summed E-state index contributed by atoms with van der Waals surface area (Å²) in [5.74, 6) is -0.0283. The van der Waals surface area contributed by atoms with Gasteiger partial charge in [-0.3, -0.25) is 19.0 Å². The molecule has 0 fully saturated rings. The Labute approximate surface area is 179 Å². The van der Waals surface area contributed by atoms with Crippen LogP contribution in [-0.2, 0) is 29.1 Å². The van der Waals surface area contributed by atoms with E-state index in [0.29, 0.717) is 28.9 Å². The Kier molecular flexibility index (Phi) is 5.97. The summed E-state index contributed by atoms with van der Waals surface area (Å²) in [6, 6.07) is 12.1. The average molecular weight is 420 g/mol. The number of carbonyl (C=O) groups is 2. The Bertz CT molecular complexity index is 1180. The number of rotatable bonds is 4. The first-order valence-corrected chi connectivity index (χ1v) is 10.3. The zero-order valence-electron chi connectivity index (χ0n) is 17.3. The number of methoxy groups -OCH3 is 1. The Morgan fingerprint density at radius 2 is 1.87 bits per heavy atom. The van der Waals surface area contributed by atoms with Crippen LogP contribution in [0.15, 0.2) is 47.3 Å². The van der Waals surface area contributed by atoms with Gasteiger partial charge < -0.3 is 15.4 Å². The maximum absolute atomic E-state index is 12.9. The van der Waals surface area contributed by atoms with Gasteiger partial charge in [0.25, 0.3) is 5.56 Å². The molecule has 1 aromatic heterocycles. The van der Waals surface area contributed by atoms with Gasteiger partial charge in [0, 0.05) is 25.2 Å². The molecule has 2 amide bonds. The number of carbonyl (C=O) groups excluding carboxylic acids is 2. The van der Waals surface area contributed by atoms with Crippen LogP contribution in [-0.4, -0.2) is 28.5 Å². The van der Waals surface area contributed by atoms with E-state index in [1.807, 2.05) is 12.1 Å². The van der Waals surface area contributed by atoms with Gasteiger partial charge in [-0.15, -0.1) is 0 Å². The Morgan fingerprint density at radius 3 is 2.65 bits per heavy atom. The van der Waals surface area contributed by atoms with Crippen LogP contribution in [0.2, 0.25) is 0 Å². The summed E-state index contributed by atoms with van der Waals surface area (Å²) in [6.45, 7) is 0.868. The molecule has 3 aromatic rings. The minimum atomic E-state index is -0.796. The molecular formula is C23H24N4O4. The second-order valence-corrected chi connectivity index (χ2v) is 7.51. The first kappa shape index (κ1) is 20.6. The number of amides is 2. The lowest BCUT2D eigenvalue weighted by Crippen LogP contribution is -2.35. The fourth-order valence-electron chi connectivity index (χ4n) is 3.69. The molecule has 0 saturated carbocycles. The van der Waals surface area contributed by atoms with Crippen molar-refractivity contribution in [1.82, 2.24) is 14.9 Å². The lowest BCUT2D eigenvalue weighted by atomic mass is 10.2. The standard InChI is InChI=1S/C23H24N4O4/c1-31-17-9-6-15(7-10-17)14-24-21(28)22(29)25-16-8-11-19-18(13-16)23(30)27-12-4-2-3-5-20(27)26-19/h6-11,13H,2-5,12,14H2,1H3,(H,24,28)(H,25,29). The number of nitrogens with one attached hydrogen (secondary N) is 2. The molecule has 2 N–H and O–H groups in total. The molecule has 2 heterocycles. The Morgan fingerprint density at radius 1 is 1.06 bits per heavy atom. The predicted molar refractivity (Wildman–Crippen MR) is 117 cm³/mol. The molecule has 0 saturated heterocycles. The van der Waals surface area contributed by atoms with Crippen LogP contribution in [0.1, 0.15) is 30.7 Å². The fourth-order valence-corrected chi connectivity index (χ4v) is 3.69. The van der Waals surface area contributed by atoms with E-state index in [9.17, 15) is 14.4 Å². The largest absolute Gasteiger partial charge is 0.497 e. The van der Waals surface area contributed by atoms with Gasteiger partial charge in [0.2, 0.25) is 0 Å². The highest BCUT2D eigenvalue weighted by Gasteiger charge is 2.16. The molecular weight excluding hydrogens is 396 g/mol. The first-order chi connectivity index (χ1) is 15.0. The number of anilines is 1. The third-order valence-electron chi connectivity index (χ3n) is 5.39. The van der Waals surface area contributed by atoms with E-state index in [2.05, 4.69) is 15.6 Å². The van der Waals surface area contributed by atoms with E-state index >= 15 is 0 Å². The highest BCUT2D eigenvalue weighted by atomic mass is 16.5. The first-order valence-electron chi connectivity index (χ1n) is 10.3. The van der Waals surface area contributed by atoms with Crippen molar-refractivity contribution in [3.05, 3.63) is 64.2 Å². The van der Waals surface area contributed by atoms with Gasteiger partial charge in [-0.05, 0) is 48.7 Å². The highest BCUT2D eigenvalue weighted by molar-refractivity contribution is 6.39. The van der Waals surface area contributed by atoms with E-state index in [4.69, 9.17) is 4.74 Å². The lowest BCUT2D eigenvalue weighted by molar-refractivity contribution is -0.136. The molecule has 0 aliphatic carbocycles. The van der Waals surface area contributed by atoms with Crippen LogP contribution in [0.5, 0.6) is 5.75 Å². The molecule has 0 bridgehead atoms. The zero-order chi connectivity index (χ0) is 21.8. The normalized spacial score (nSPS) is 13.2. The number of hydrogen-bond acceptors (Lipinski definition) is 5. The highest BCUT2D eigenvalue weighted by Crippen LogP contribution is 2.18. The summed E-state index contributed by atoms with van der Waals surface area (Å²) in [5, 5.41) is 5.58. The van der Waals surface area contributed by atoms with E-state index in [0.717, 1.165) is 37.1 Å². The van der Waals surface area contributed by atoms with Gasteiger partial charge in [0.05, 0.1) is 18.0 Å². The average Bonchev–Trinajstić information content (AvgIpc) is 3.04. The van der Waals surface area contributed by atoms with E-state index in [1.165, 1.54) is 0 Å². The fraction of sp³-hybridized carbons (Fsp3) is 0.304. The van der Waals surface area contributed by atoms with Crippen molar-refractivity contribution >= 4 is 28.4 Å². The van der Waals surface area contributed by atoms with Gasteiger partial charge in [0.1, 0.15) is 11.6 Å². The molecule has 1 aliphatic rings. The van der Waals surface area contributed by atoms with Crippen molar-refractivity contribution in [2.45, 2.75) is 38.8 Å². The number of benzene rings is 2. The quantitative estimate of drug-likeness (QED) is 0.631. The maximum Gasteiger partial charge on any atom is 0.313 e.